The van der Waals surface area contributed by atoms with Gasteiger partial charge in [0.15, 0.2) is 11.6 Å². The molecule has 10 aromatic rings. The van der Waals surface area contributed by atoms with Crippen molar-refractivity contribution < 1.29 is 0 Å². The summed E-state index contributed by atoms with van der Waals surface area (Å²) in [5.74, 6) is 1.85. The van der Waals surface area contributed by atoms with Gasteiger partial charge in [0.1, 0.15) is 0 Å². The van der Waals surface area contributed by atoms with Crippen molar-refractivity contribution in [3.05, 3.63) is 170 Å². The highest BCUT2D eigenvalue weighted by molar-refractivity contribution is 6.12. The fourth-order valence-electron chi connectivity index (χ4n) is 7.17. The van der Waals surface area contributed by atoms with Crippen molar-refractivity contribution in [2.75, 3.05) is 0 Å². The largest absolute Gasteiger partial charge is 0.309 e. The Hall–Kier alpha value is -6.92. The SMILES string of the molecule is c1ccc(-c2nc(-c3ccccc3)nc(-n3c4ccccc4c4cc(-c5ccc6c(c5)c5cnccc5n6-c5ccccc5)ccc43)n2)cc1. The molecule has 0 radical (unpaired) electrons. The zero-order valence-corrected chi connectivity index (χ0v) is 26.8. The maximum Gasteiger partial charge on any atom is 0.238 e. The second-order valence-corrected chi connectivity index (χ2v) is 12.4. The van der Waals surface area contributed by atoms with Crippen LogP contribution in [-0.2, 0) is 0 Å². The van der Waals surface area contributed by atoms with E-state index in [-0.39, 0.29) is 0 Å². The van der Waals surface area contributed by atoms with Gasteiger partial charge in [-0.1, -0.05) is 109 Å². The topological polar surface area (TPSA) is 61.4 Å². The molecule has 4 heterocycles. The van der Waals surface area contributed by atoms with Crippen LogP contribution in [0.1, 0.15) is 0 Å². The van der Waals surface area contributed by atoms with Gasteiger partial charge in [-0.15, -0.1) is 0 Å². The molecule has 4 aromatic heterocycles. The molecule has 0 spiro atoms. The third kappa shape index (κ3) is 4.50. The molecule has 6 heteroatoms. The number of nitrogens with zero attached hydrogens (tertiary/aromatic N) is 6. The van der Waals surface area contributed by atoms with Crippen molar-refractivity contribution in [3.8, 4) is 45.5 Å². The van der Waals surface area contributed by atoms with Gasteiger partial charge >= 0.3 is 0 Å². The van der Waals surface area contributed by atoms with E-state index in [1.807, 2.05) is 73.1 Å². The number of rotatable bonds is 5. The Morgan fingerprint density at radius 2 is 0.880 bits per heavy atom. The van der Waals surface area contributed by atoms with E-state index in [0.717, 1.165) is 66.2 Å². The fourth-order valence-corrected chi connectivity index (χ4v) is 7.17. The Morgan fingerprint density at radius 1 is 0.360 bits per heavy atom. The summed E-state index contributed by atoms with van der Waals surface area (Å²) in [6.45, 7) is 0. The quantitative estimate of drug-likeness (QED) is 0.188. The summed E-state index contributed by atoms with van der Waals surface area (Å²) in [6, 6.07) is 54.7. The van der Waals surface area contributed by atoms with Gasteiger partial charge in [-0.2, -0.15) is 9.97 Å². The highest BCUT2D eigenvalue weighted by Gasteiger charge is 2.19. The summed E-state index contributed by atoms with van der Waals surface area (Å²) >= 11 is 0. The third-order valence-electron chi connectivity index (χ3n) is 9.47. The minimum atomic E-state index is 0.583. The van der Waals surface area contributed by atoms with Crippen LogP contribution in [0.25, 0.3) is 89.2 Å². The maximum absolute atomic E-state index is 5.08. The average Bonchev–Trinajstić information content (AvgIpc) is 3.71. The van der Waals surface area contributed by atoms with E-state index in [4.69, 9.17) is 15.0 Å². The first kappa shape index (κ1) is 28.1. The van der Waals surface area contributed by atoms with Crippen molar-refractivity contribution in [1.82, 2.24) is 29.1 Å². The molecule has 0 bridgehead atoms. The van der Waals surface area contributed by atoms with Crippen molar-refractivity contribution in [2.24, 2.45) is 0 Å². The summed E-state index contributed by atoms with van der Waals surface area (Å²) in [5.41, 5.74) is 9.65. The second-order valence-electron chi connectivity index (χ2n) is 12.4. The van der Waals surface area contributed by atoms with E-state index in [9.17, 15) is 0 Å². The Bertz CT molecular complexity index is 2800. The van der Waals surface area contributed by atoms with Crippen LogP contribution >= 0.6 is 0 Å². The molecule has 234 valence electrons. The lowest BCUT2D eigenvalue weighted by atomic mass is 10.0. The van der Waals surface area contributed by atoms with Crippen molar-refractivity contribution in [3.63, 3.8) is 0 Å². The number of hydrogen-bond donors (Lipinski definition) is 0. The molecule has 50 heavy (non-hydrogen) atoms. The van der Waals surface area contributed by atoms with Crippen molar-refractivity contribution >= 4 is 43.6 Å². The lowest BCUT2D eigenvalue weighted by Crippen LogP contribution is -2.06. The van der Waals surface area contributed by atoms with Crippen LogP contribution in [0, 0.1) is 0 Å². The van der Waals surface area contributed by atoms with Gasteiger partial charge in [-0.25, -0.2) is 4.98 Å². The summed E-state index contributed by atoms with van der Waals surface area (Å²) in [5, 5.41) is 4.57. The molecule has 0 saturated heterocycles. The lowest BCUT2D eigenvalue weighted by Gasteiger charge is -2.11. The summed E-state index contributed by atoms with van der Waals surface area (Å²) in [6.07, 6.45) is 3.84. The Kier molecular flexibility index (Phi) is 6.39. The molecule has 10 rings (SSSR count). The fraction of sp³-hybridized carbons (Fsp3) is 0. The van der Waals surface area contributed by atoms with Crippen LogP contribution in [0.2, 0.25) is 0 Å². The Labute approximate surface area is 287 Å². The third-order valence-corrected chi connectivity index (χ3v) is 9.47. The number of fused-ring (bicyclic) bond motifs is 6. The molecule has 0 aliphatic heterocycles. The van der Waals surface area contributed by atoms with Crippen molar-refractivity contribution in [2.45, 2.75) is 0 Å². The molecular weight excluding hydrogens is 613 g/mol. The lowest BCUT2D eigenvalue weighted by molar-refractivity contribution is 0.953. The second kappa shape index (κ2) is 11.4. The highest BCUT2D eigenvalue weighted by atomic mass is 15.2. The van der Waals surface area contributed by atoms with E-state index >= 15 is 0 Å². The first-order valence-electron chi connectivity index (χ1n) is 16.6. The monoisotopic (exact) mass is 640 g/mol. The zero-order chi connectivity index (χ0) is 33.0. The van der Waals surface area contributed by atoms with Gasteiger partial charge < -0.3 is 4.57 Å². The molecule has 0 aliphatic carbocycles. The zero-order valence-electron chi connectivity index (χ0n) is 26.8. The van der Waals surface area contributed by atoms with Crippen LogP contribution < -0.4 is 0 Å². The van der Waals surface area contributed by atoms with Crippen molar-refractivity contribution in [1.29, 1.82) is 0 Å². The Morgan fingerprint density at radius 3 is 1.54 bits per heavy atom. The Balaban J connectivity index is 1.17. The molecule has 0 unspecified atom stereocenters. The molecule has 0 amide bonds. The van der Waals surface area contributed by atoms with Gasteiger partial charge in [0, 0.05) is 50.8 Å². The van der Waals surface area contributed by atoms with Gasteiger partial charge in [0.05, 0.1) is 22.1 Å². The van der Waals surface area contributed by atoms with Crippen LogP contribution in [0.3, 0.4) is 0 Å². The molecule has 0 atom stereocenters. The van der Waals surface area contributed by atoms with Gasteiger partial charge in [-0.3, -0.25) is 9.55 Å². The molecule has 0 N–H and O–H groups in total. The standard InChI is InChI=1S/C44H28N6/c1-4-12-29(13-5-1)42-46-43(30-14-6-2-7-15-30)48-44(47-42)50-38-19-11-10-18-34(38)35-26-31(21-23-40(35)50)32-20-22-39-36(27-32)37-28-45-25-24-41(37)49(39)33-16-8-3-9-17-33/h1-28H. The predicted octanol–water partition coefficient (Wildman–Crippen LogP) is 10.5. The summed E-state index contributed by atoms with van der Waals surface area (Å²) in [4.78, 5) is 19.6. The number of para-hydroxylation sites is 2. The first-order chi connectivity index (χ1) is 24.8. The van der Waals surface area contributed by atoms with Crippen LogP contribution in [0.4, 0.5) is 0 Å². The molecular formula is C44H28N6. The van der Waals surface area contributed by atoms with Gasteiger partial charge in [0.25, 0.3) is 0 Å². The first-order valence-corrected chi connectivity index (χ1v) is 16.6. The smallest absolute Gasteiger partial charge is 0.238 e. The minimum absolute atomic E-state index is 0.583. The van der Waals surface area contributed by atoms with E-state index in [1.165, 1.54) is 5.39 Å². The minimum Gasteiger partial charge on any atom is -0.309 e. The summed E-state index contributed by atoms with van der Waals surface area (Å²) in [7, 11) is 0. The van der Waals surface area contributed by atoms with E-state index < -0.39 is 0 Å². The normalized spacial score (nSPS) is 11.6. The van der Waals surface area contributed by atoms with Gasteiger partial charge in [-0.05, 0) is 59.7 Å². The molecule has 0 aliphatic rings. The number of hydrogen-bond acceptors (Lipinski definition) is 4. The molecule has 0 saturated carbocycles. The number of aromatic nitrogens is 6. The summed E-state index contributed by atoms with van der Waals surface area (Å²) < 4.78 is 4.48. The van der Waals surface area contributed by atoms with Crippen LogP contribution in [0.5, 0.6) is 0 Å². The average molecular weight is 641 g/mol. The maximum atomic E-state index is 5.08. The number of pyridine rings is 1. The number of benzene rings is 6. The van der Waals surface area contributed by atoms with Crippen LogP contribution in [-0.4, -0.2) is 29.1 Å². The molecule has 6 aromatic carbocycles. The van der Waals surface area contributed by atoms with E-state index in [2.05, 4.69) is 111 Å². The van der Waals surface area contributed by atoms with E-state index in [1.54, 1.807) is 0 Å². The van der Waals surface area contributed by atoms with E-state index in [0.29, 0.717) is 17.6 Å². The molecule has 0 fully saturated rings. The predicted molar refractivity (Wildman–Crippen MR) is 203 cm³/mol. The van der Waals surface area contributed by atoms with Gasteiger partial charge in [0.2, 0.25) is 5.95 Å². The molecule has 6 nitrogen and oxygen atoms in total. The van der Waals surface area contributed by atoms with Crippen LogP contribution in [0.15, 0.2) is 170 Å². The highest BCUT2D eigenvalue weighted by Crippen LogP contribution is 2.38.